The summed E-state index contributed by atoms with van der Waals surface area (Å²) < 4.78 is 5.18. The Hall–Kier alpha value is -0.260. The van der Waals surface area contributed by atoms with Crippen LogP contribution in [0.1, 0.15) is 47.0 Å². The molecule has 2 unspecified atom stereocenters. The van der Waals surface area contributed by atoms with Gasteiger partial charge < -0.3 is 15.2 Å². The number of esters is 1. The fraction of sp³-hybridized carbons (Fsp3) is 0.929. The van der Waals surface area contributed by atoms with Crippen molar-refractivity contribution in [1.82, 2.24) is 5.32 Å². The number of aliphatic hydroxyl groups excluding tert-OH is 1. The second kappa shape index (κ2) is 10.5. The van der Waals surface area contributed by atoms with Gasteiger partial charge in [0, 0.05) is 11.9 Å². The van der Waals surface area contributed by atoms with Crippen LogP contribution in [-0.4, -0.2) is 47.4 Å². The predicted molar refractivity (Wildman–Crippen MR) is 81.6 cm³/mol. The number of ether oxygens (including phenoxy) is 1. The molecule has 0 radical (unpaired) electrons. The first-order valence-corrected chi connectivity index (χ1v) is 8.19. The molecule has 2 atom stereocenters. The van der Waals surface area contributed by atoms with Gasteiger partial charge in [-0.2, -0.15) is 11.8 Å². The molecule has 114 valence electrons. The molecule has 0 aliphatic heterocycles. The zero-order valence-corrected chi connectivity index (χ0v) is 13.5. The lowest BCUT2D eigenvalue weighted by Gasteiger charge is -2.31. The van der Waals surface area contributed by atoms with E-state index in [2.05, 4.69) is 19.2 Å². The van der Waals surface area contributed by atoms with Gasteiger partial charge in [0.05, 0.1) is 6.61 Å². The van der Waals surface area contributed by atoms with Crippen molar-refractivity contribution in [2.24, 2.45) is 0 Å². The number of aliphatic hydroxyl groups is 1. The van der Waals surface area contributed by atoms with Crippen LogP contribution in [0.25, 0.3) is 0 Å². The summed E-state index contributed by atoms with van der Waals surface area (Å²) in [6.45, 7) is 9.40. The van der Waals surface area contributed by atoms with Crippen molar-refractivity contribution in [3.8, 4) is 0 Å². The van der Waals surface area contributed by atoms with Gasteiger partial charge in [0.1, 0.15) is 5.54 Å². The van der Waals surface area contributed by atoms with Gasteiger partial charge in [-0.05, 0) is 45.4 Å². The summed E-state index contributed by atoms with van der Waals surface area (Å²) in [5, 5.41) is 12.5. The van der Waals surface area contributed by atoms with Crippen LogP contribution in [0.4, 0.5) is 0 Å². The average Bonchev–Trinajstić information content (AvgIpc) is 2.37. The number of thioether (sulfide) groups is 1. The maximum absolute atomic E-state index is 12.1. The van der Waals surface area contributed by atoms with Crippen molar-refractivity contribution >= 4 is 17.7 Å². The van der Waals surface area contributed by atoms with Crippen LogP contribution in [0.3, 0.4) is 0 Å². The van der Waals surface area contributed by atoms with Gasteiger partial charge in [0.15, 0.2) is 0 Å². The minimum Gasteiger partial charge on any atom is -0.465 e. The van der Waals surface area contributed by atoms with E-state index in [-0.39, 0.29) is 12.6 Å². The van der Waals surface area contributed by atoms with Gasteiger partial charge >= 0.3 is 5.97 Å². The molecule has 4 nitrogen and oxygen atoms in total. The smallest absolute Gasteiger partial charge is 0.326 e. The Morgan fingerprint density at radius 1 is 1.47 bits per heavy atom. The highest BCUT2D eigenvalue weighted by Gasteiger charge is 2.35. The van der Waals surface area contributed by atoms with Crippen LogP contribution < -0.4 is 5.32 Å². The Balaban J connectivity index is 4.43. The van der Waals surface area contributed by atoms with E-state index in [0.717, 1.165) is 31.6 Å². The third-order valence-corrected chi connectivity index (χ3v) is 4.15. The van der Waals surface area contributed by atoms with Gasteiger partial charge in [0.2, 0.25) is 0 Å². The Kier molecular flexibility index (Phi) is 10.4. The zero-order valence-electron chi connectivity index (χ0n) is 12.7. The lowest BCUT2D eigenvalue weighted by atomic mass is 9.96. The molecule has 0 aliphatic rings. The Morgan fingerprint density at radius 3 is 2.68 bits per heavy atom. The summed E-state index contributed by atoms with van der Waals surface area (Å²) in [6, 6.07) is 0. The quantitative estimate of drug-likeness (QED) is 0.451. The fourth-order valence-corrected chi connectivity index (χ4v) is 3.05. The normalized spacial score (nSPS) is 15.8. The third-order valence-electron chi connectivity index (χ3n) is 2.89. The molecule has 0 fully saturated rings. The van der Waals surface area contributed by atoms with Crippen LogP contribution in [0.2, 0.25) is 0 Å². The van der Waals surface area contributed by atoms with E-state index in [1.54, 1.807) is 11.8 Å². The van der Waals surface area contributed by atoms with E-state index in [0.29, 0.717) is 11.9 Å². The summed E-state index contributed by atoms with van der Waals surface area (Å²) in [6.07, 6.45) is 2.52. The second-order valence-electron chi connectivity index (χ2n) is 4.94. The Bertz CT molecular complexity index is 251. The number of hydrogen-bond donors (Lipinski definition) is 2. The summed E-state index contributed by atoms with van der Waals surface area (Å²) in [5.74, 6) is 0.753. The summed E-state index contributed by atoms with van der Waals surface area (Å²) in [5.41, 5.74) is -0.613. The lowest BCUT2D eigenvalue weighted by molar-refractivity contribution is -0.150. The maximum atomic E-state index is 12.1. The molecular formula is C14H29NO3S. The van der Waals surface area contributed by atoms with E-state index >= 15 is 0 Å². The van der Waals surface area contributed by atoms with Crippen molar-refractivity contribution in [3.05, 3.63) is 0 Å². The molecule has 2 N–H and O–H groups in total. The summed E-state index contributed by atoms with van der Waals surface area (Å²) >= 11 is 1.79. The molecule has 0 saturated carbocycles. The van der Waals surface area contributed by atoms with Gasteiger partial charge in [-0.1, -0.05) is 13.8 Å². The van der Waals surface area contributed by atoms with E-state index in [9.17, 15) is 4.79 Å². The molecular weight excluding hydrogens is 262 g/mol. The highest BCUT2D eigenvalue weighted by atomic mass is 32.2. The standard InChI is InChI=1S/C14H29NO3S/c1-5-8-15-14(4,13(17)18-6-2)11-12(3)19-10-7-9-16/h12,15-16H,5-11H2,1-4H3. The predicted octanol–water partition coefficient (Wildman–Crippen LogP) is 2.20. The summed E-state index contributed by atoms with van der Waals surface area (Å²) in [4.78, 5) is 12.1. The topological polar surface area (TPSA) is 58.6 Å². The van der Waals surface area contributed by atoms with Crippen LogP contribution in [0.15, 0.2) is 0 Å². The second-order valence-corrected chi connectivity index (χ2v) is 6.49. The highest BCUT2D eigenvalue weighted by Crippen LogP contribution is 2.23. The molecule has 0 amide bonds. The van der Waals surface area contributed by atoms with Crippen molar-refractivity contribution < 1.29 is 14.6 Å². The highest BCUT2D eigenvalue weighted by molar-refractivity contribution is 7.99. The average molecular weight is 291 g/mol. The molecule has 0 bridgehead atoms. The molecule has 5 heteroatoms. The number of carbonyl (C=O) groups is 1. The molecule has 0 aromatic rings. The minimum absolute atomic E-state index is 0.168. The van der Waals surface area contributed by atoms with Crippen molar-refractivity contribution in [1.29, 1.82) is 0 Å². The summed E-state index contributed by atoms with van der Waals surface area (Å²) in [7, 11) is 0. The van der Waals surface area contributed by atoms with Gasteiger partial charge in [-0.15, -0.1) is 0 Å². The molecule has 0 rings (SSSR count). The van der Waals surface area contributed by atoms with Crippen LogP contribution in [0.5, 0.6) is 0 Å². The van der Waals surface area contributed by atoms with E-state index < -0.39 is 5.54 Å². The van der Waals surface area contributed by atoms with E-state index in [1.165, 1.54) is 0 Å². The molecule has 0 heterocycles. The number of carbonyl (C=O) groups excluding carboxylic acids is 1. The largest absolute Gasteiger partial charge is 0.465 e. The molecule has 0 aliphatic carbocycles. The number of nitrogens with one attached hydrogen (secondary N) is 1. The first-order valence-electron chi connectivity index (χ1n) is 7.14. The Labute approximate surface area is 121 Å². The molecule has 19 heavy (non-hydrogen) atoms. The van der Waals surface area contributed by atoms with Gasteiger partial charge in [0.25, 0.3) is 0 Å². The van der Waals surface area contributed by atoms with Crippen LogP contribution in [0, 0.1) is 0 Å². The van der Waals surface area contributed by atoms with E-state index in [4.69, 9.17) is 9.84 Å². The number of rotatable bonds is 11. The number of hydrogen-bond acceptors (Lipinski definition) is 5. The van der Waals surface area contributed by atoms with Crippen LogP contribution >= 0.6 is 11.8 Å². The lowest BCUT2D eigenvalue weighted by Crippen LogP contribution is -2.52. The van der Waals surface area contributed by atoms with E-state index in [1.807, 2.05) is 13.8 Å². The minimum atomic E-state index is -0.613. The van der Waals surface area contributed by atoms with Gasteiger partial charge in [-0.25, -0.2) is 0 Å². The first kappa shape index (κ1) is 18.7. The van der Waals surface area contributed by atoms with Crippen molar-refractivity contribution in [2.75, 3.05) is 25.5 Å². The SMILES string of the molecule is CCCNC(C)(CC(C)SCCCO)C(=O)OCC. The molecule has 0 saturated heterocycles. The zero-order chi connectivity index (χ0) is 14.7. The van der Waals surface area contributed by atoms with Crippen molar-refractivity contribution in [3.63, 3.8) is 0 Å². The molecule has 0 aromatic carbocycles. The van der Waals surface area contributed by atoms with Crippen molar-refractivity contribution in [2.45, 2.75) is 57.7 Å². The molecule has 0 spiro atoms. The maximum Gasteiger partial charge on any atom is 0.326 e. The third kappa shape index (κ3) is 7.80. The van der Waals surface area contributed by atoms with Crippen LogP contribution in [-0.2, 0) is 9.53 Å². The monoisotopic (exact) mass is 291 g/mol. The molecule has 0 aromatic heterocycles. The fourth-order valence-electron chi connectivity index (χ4n) is 1.90. The Morgan fingerprint density at radius 2 is 2.16 bits per heavy atom. The first-order chi connectivity index (χ1) is 9.00. The van der Waals surface area contributed by atoms with Gasteiger partial charge in [-0.3, -0.25) is 4.79 Å².